The average Bonchev–Trinajstić information content (AvgIpc) is 3.15. The third-order valence-corrected chi connectivity index (χ3v) is 6.00. The lowest BCUT2D eigenvalue weighted by atomic mass is 10.1. The zero-order valence-electron chi connectivity index (χ0n) is 18.1. The van der Waals surface area contributed by atoms with E-state index in [4.69, 9.17) is 0 Å². The molecule has 9 heteroatoms. The van der Waals surface area contributed by atoms with Crippen molar-refractivity contribution in [3.8, 4) is 0 Å². The lowest BCUT2D eigenvalue weighted by molar-refractivity contribution is 0.0944. The van der Waals surface area contributed by atoms with Gasteiger partial charge in [-0.05, 0) is 37.6 Å². The van der Waals surface area contributed by atoms with Gasteiger partial charge in [-0.3, -0.25) is 20.0 Å². The standard InChI is InChI=1S/C23H26N6O2S/c1-15(2)25-21(30)17-7-3-4-8-18(17)26-22(31)28-23-27-19-9-11-29(14-20(19)32-23)13-16-6-5-10-24-12-16/h3-8,10,12,15H,9,11,13-14H2,1-2H3,(H,25,30)(H2,26,27,28,31). The molecule has 0 saturated heterocycles. The lowest BCUT2D eigenvalue weighted by Crippen LogP contribution is -2.31. The molecular weight excluding hydrogens is 424 g/mol. The molecule has 3 aromatic rings. The summed E-state index contributed by atoms with van der Waals surface area (Å²) in [7, 11) is 0. The molecular formula is C23H26N6O2S. The summed E-state index contributed by atoms with van der Waals surface area (Å²) in [6, 6.07) is 10.5. The zero-order chi connectivity index (χ0) is 22.5. The fraction of sp³-hybridized carbons (Fsp3) is 0.304. The molecule has 0 fully saturated rings. The van der Waals surface area contributed by atoms with Crippen LogP contribution in [0.4, 0.5) is 15.6 Å². The van der Waals surface area contributed by atoms with Gasteiger partial charge in [-0.25, -0.2) is 9.78 Å². The Morgan fingerprint density at radius 3 is 2.78 bits per heavy atom. The smallest absolute Gasteiger partial charge is 0.325 e. The van der Waals surface area contributed by atoms with E-state index in [2.05, 4.69) is 36.9 Å². The van der Waals surface area contributed by atoms with Gasteiger partial charge in [0.15, 0.2) is 5.13 Å². The number of aromatic nitrogens is 2. The molecule has 2 aromatic heterocycles. The van der Waals surface area contributed by atoms with Crippen LogP contribution in [0, 0.1) is 0 Å². The van der Waals surface area contributed by atoms with Gasteiger partial charge in [0.25, 0.3) is 5.91 Å². The first kappa shape index (κ1) is 21.9. The van der Waals surface area contributed by atoms with Crippen molar-refractivity contribution in [1.82, 2.24) is 20.2 Å². The number of rotatable bonds is 6. The van der Waals surface area contributed by atoms with E-state index in [0.29, 0.717) is 16.4 Å². The van der Waals surface area contributed by atoms with E-state index in [0.717, 1.165) is 36.6 Å². The van der Waals surface area contributed by atoms with Gasteiger partial charge in [0.2, 0.25) is 0 Å². The minimum absolute atomic E-state index is 0.00346. The van der Waals surface area contributed by atoms with Gasteiger partial charge < -0.3 is 10.6 Å². The fourth-order valence-corrected chi connectivity index (χ4v) is 4.61. The molecule has 0 radical (unpaired) electrons. The second-order valence-corrected chi connectivity index (χ2v) is 9.05. The van der Waals surface area contributed by atoms with Crippen molar-refractivity contribution in [1.29, 1.82) is 0 Å². The molecule has 32 heavy (non-hydrogen) atoms. The maximum absolute atomic E-state index is 12.6. The molecule has 1 aliphatic rings. The van der Waals surface area contributed by atoms with Crippen LogP contribution < -0.4 is 16.0 Å². The molecule has 0 bridgehead atoms. The van der Waals surface area contributed by atoms with Crippen LogP contribution in [0.1, 0.15) is 40.3 Å². The molecule has 0 unspecified atom stereocenters. The number of fused-ring (bicyclic) bond motifs is 1. The summed E-state index contributed by atoms with van der Waals surface area (Å²) in [4.78, 5) is 37.3. The molecule has 1 aromatic carbocycles. The molecule has 166 valence electrons. The Balaban J connectivity index is 1.38. The monoisotopic (exact) mass is 450 g/mol. The van der Waals surface area contributed by atoms with E-state index in [1.807, 2.05) is 26.1 Å². The maximum Gasteiger partial charge on any atom is 0.325 e. The highest BCUT2D eigenvalue weighted by atomic mass is 32.1. The second kappa shape index (κ2) is 9.88. The molecule has 0 aliphatic carbocycles. The second-order valence-electron chi connectivity index (χ2n) is 7.96. The van der Waals surface area contributed by atoms with E-state index in [1.165, 1.54) is 16.9 Å². The molecule has 3 N–H and O–H groups in total. The zero-order valence-corrected chi connectivity index (χ0v) is 18.9. The number of carbonyl (C=O) groups excluding carboxylic acids is 2. The number of pyridine rings is 1. The normalized spacial score (nSPS) is 13.5. The van der Waals surface area contributed by atoms with Crippen molar-refractivity contribution in [2.24, 2.45) is 0 Å². The summed E-state index contributed by atoms with van der Waals surface area (Å²) in [5, 5.41) is 8.99. The van der Waals surface area contributed by atoms with Crippen molar-refractivity contribution in [2.75, 3.05) is 17.2 Å². The third kappa shape index (κ3) is 5.49. The van der Waals surface area contributed by atoms with E-state index >= 15 is 0 Å². The van der Waals surface area contributed by atoms with Crippen molar-refractivity contribution in [3.05, 3.63) is 70.5 Å². The van der Waals surface area contributed by atoms with E-state index < -0.39 is 6.03 Å². The van der Waals surface area contributed by atoms with Gasteiger partial charge in [0.05, 0.1) is 16.9 Å². The maximum atomic E-state index is 12.6. The highest BCUT2D eigenvalue weighted by molar-refractivity contribution is 7.15. The number of nitrogens with zero attached hydrogens (tertiary/aromatic N) is 3. The molecule has 8 nitrogen and oxygen atoms in total. The Hall–Kier alpha value is -3.30. The Labute approximate surface area is 191 Å². The van der Waals surface area contributed by atoms with Crippen LogP contribution in [0.5, 0.6) is 0 Å². The van der Waals surface area contributed by atoms with Crippen LogP contribution >= 0.6 is 11.3 Å². The number of hydrogen-bond donors (Lipinski definition) is 3. The molecule has 0 spiro atoms. The highest BCUT2D eigenvalue weighted by Gasteiger charge is 2.22. The van der Waals surface area contributed by atoms with Gasteiger partial charge in [-0.1, -0.05) is 18.2 Å². The Kier molecular flexibility index (Phi) is 6.77. The van der Waals surface area contributed by atoms with Crippen LogP contribution in [0.25, 0.3) is 0 Å². The number of anilines is 2. The number of hydrogen-bond acceptors (Lipinski definition) is 6. The number of amides is 3. The topological polar surface area (TPSA) is 99.2 Å². The SMILES string of the molecule is CC(C)NC(=O)c1ccccc1NC(=O)Nc1nc2c(s1)CN(Cc1cccnc1)CC2. The summed E-state index contributed by atoms with van der Waals surface area (Å²) >= 11 is 1.49. The first-order valence-electron chi connectivity index (χ1n) is 10.6. The number of urea groups is 1. The van der Waals surface area contributed by atoms with Gasteiger partial charge in [0.1, 0.15) is 0 Å². The minimum Gasteiger partial charge on any atom is -0.350 e. The minimum atomic E-state index is -0.423. The van der Waals surface area contributed by atoms with Crippen molar-refractivity contribution < 1.29 is 9.59 Å². The number of carbonyl (C=O) groups is 2. The van der Waals surface area contributed by atoms with Gasteiger partial charge in [0, 0.05) is 49.4 Å². The predicted molar refractivity (Wildman–Crippen MR) is 126 cm³/mol. The third-order valence-electron chi connectivity index (χ3n) is 5.00. The van der Waals surface area contributed by atoms with Crippen LogP contribution in [-0.2, 0) is 19.5 Å². The predicted octanol–water partition coefficient (Wildman–Crippen LogP) is 3.88. The van der Waals surface area contributed by atoms with Gasteiger partial charge >= 0.3 is 6.03 Å². The van der Waals surface area contributed by atoms with Gasteiger partial charge in [-0.2, -0.15) is 0 Å². The Morgan fingerprint density at radius 2 is 2.00 bits per heavy atom. The molecule has 3 amide bonds. The van der Waals surface area contributed by atoms with Crippen LogP contribution in [0.3, 0.4) is 0 Å². The van der Waals surface area contributed by atoms with Crippen molar-refractivity contribution >= 4 is 34.1 Å². The summed E-state index contributed by atoms with van der Waals surface area (Å²) in [5.41, 5.74) is 3.08. The molecule has 4 rings (SSSR count). The first-order chi connectivity index (χ1) is 15.5. The highest BCUT2D eigenvalue weighted by Crippen LogP contribution is 2.29. The molecule has 0 atom stereocenters. The quantitative estimate of drug-likeness (QED) is 0.529. The van der Waals surface area contributed by atoms with E-state index in [9.17, 15) is 9.59 Å². The first-order valence-corrected chi connectivity index (χ1v) is 11.4. The summed E-state index contributed by atoms with van der Waals surface area (Å²) < 4.78 is 0. The summed E-state index contributed by atoms with van der Waals surface area (Å²) in [5.74, 6) is -0.227. The van der Waals surface area contributed by atoms with Gasteiger partial charge in [-0.15, -0.1) is 11.3 Å². The number of para-hydroxylation sites is 1. The fourth-order valence-electron chi connectivity index (χ4n) is 3.57. The van der Waals surface area contributed by atoms with Crippen molar-refractivity contribution in [2.45, 2.75) is 39.4 Å². The summed E-state index contributed by atoms with van der Waals surface area (Å²) in [6.07, 6.45) is 4.51. The number of nitrogens with one attached hydrogen (secondary N) is 3. The molecule has 3 heterocycles. The van der Waals surface area contributed by atoms with Crippen molar-refractivity contribution in [3.63, 3.8) is 0 Å². The van der Waals surface area contributed by atoms with Crippen LogP contribution in [0.15, 0.2) is 48.8 Å². The average molecular weight is 451 g/mol. The van der Waals surface area contributed by atoms with Crippen LogP contribution in [0.2, 0.25) is 0 Å². The van der Waals surface area contributed by atoms with Crippen LogP contribution in [-0.4, -0.2) is 39.4 Å². The number of benzene rings is 1. The molecule has 1 aliphatic heterocycles. The largest absolute Gasteiger partial charge is 0.350 e. The summed E-state index contributed by atoms with van der Waals surface area (Å²) in [6.45, 7) is 6.33. The van der Waals surface area contributed by atoms with E-state index in [1.54, 1.807) is 30.5 Å². The number of thiazole rings is 1. The van der Waals surface area contributed by atoms with E-state index in [-0.39, 0.29) is 11.9 Å². The Bertz CT molecular complexity index is 1100. The molecule has 0 saturated carbocycles. The lowest BCUT2D eigenvalue weighted by Gasteiger charge is -2.25. The Morgan fingerprint density at radius 1 is 1.16 bits per heavy atom.